The lowest BCUT2D eigenvalue weighted by molar-refractivity contribution is -0.385. The van der Waals surface area contributed by atoms with Crippen LogP contribution >= 0.6 is 0 Å². The molecule has 0 saturated carbocycles. The fourth-order valence-corrected chi connectivity index (χ4v) is 1.73. The number of hydrogen-bond acceptors (Lipinski definition) is 4. The monoisotopic (exact) mass is 259 g/mol. The summed E-state index contributed by atoms with van der Waals surface area (Å²) in [6.45, 7) is 1.81. The van der Waals surface area contributed by atoms with Crippen molar-refractivity contribution in [2.75, 3.05) is 0 Å². The molecule has 5 nitrogen and oxygen atoms in total. The fourth-order valence-electron chi connectivity index (χ4n) is 1.73. The molecule has 0 saturated heterocycles. The summed E-state index contributed by atoms with van der Waals surface area (Å²) in [6, 6.07) is 11.4. The first-order chi connectivity index (χ1) is 9.09. The van der Waals surface area contributed by atoms with Gasteiger partial charge in [-0.2, -0.15) is 0 Å². The number of para-hydroxylation sites is 1. The van der Waals surface area contributed by atoms with Gasteiger partial charge in [0.25, 0.3) is 5.69 Å². The molecular formula is C14H13NO4. The molecule has 0 atom stereocenters. The third-order valence-electron chi connectivity index (χ3n) is 2.83. The van der Waals surface area contributed by atoms with E-state index < -0.39 is 4.92 Å². The van der Waals surface area contributed by atoms with Crippen LogP contribution in [0.25, 0.3) is 0 Å². The molecule has 2 aromatic rings. The van der Waals surface area contributed by atoms with Gasteiger partial charge in [0.2, 0.25) is 0 Å². The lowest BCUT2D eigenvalue weighted by Crippen LogP contribution is -2.01. The standard InChI is InChI=1S/C14H13NO4/c1-10-13(16)7-4-8-14(10)19-9-11-5-2-3-6-12(11)15(17)18/h2-8,16H,9H2,1H3. The number of phenols is 1. The molecule has 0 unspecified atom stereocenters. The van der Waals surface area contributed by atoms with Crippen molar-refractivity contribution in [2.45, 2.75) is 13.5 Å². The normalized spacial score (nSPS) is 10.2. The first kappa shape index (κ1) is 12.9. The summed E-state index contributed by atoms with van der Waals surface area (Å²) in [4.78, 5) is 10.4. The van der Waals surface area contributed by atoms with E-state index in [0.717, 1.165) is 0 Å². The van der Waals surface area contributed by atoms with E-state index in [1.54, 1.807) is 43.3 Å². The topological polar surface area (TPSA) is 72.6 Å². The molecule has 0 radical (unpaired) electrons. The average Bonchev–Trinajstić information content (AvgIpc) is 2.40. The van der Waals surface area contributed by atoms with Crippen LogP contribution in [0, 0.1) is 17.0 Å². The van der Waals surface area contributed by atoms with Crippen molar-refractivity contribution < 1.29 is 14.8 Å². The maximum Gasteiger partial charge on any atom is 0.276 e. The van der Waals surface area contributed by atoms with Gasteiger partial charge >= 0.3 is 0 Å². The highest BCUT2D eigenvalue weighted by Crippen LogP contribution is 2.27. The van der Waals surface area contributed by atoms with Crippen LogP contribution in [-0.2, 0) is 6.61 Å². The lowest BCUT2D eigenvalue weighted by Gasteiger charge is -2.10. The van der Waals surface area contributed by atoms with E-state index in [0.29, 0.717) is 16.9 Å². The van der Waals surface area contributed by atoms with Gasteiger partial charge in [0, 0.05) is 11.6 Å². The number of aromatic hydroxyl groups is 1. The van der Waals surface area contributed by atoms with Gasteiger partial charge in [-0.1, -0.05) is 18.2 Å². The zero-order chi connectivity index (χ0) is 13.8. The lowest BCUT2D eigenvalue weighted by atomic mass is 10.2. The Hall–Kier alpha value is -2.56. The second-order valence-electron chi connectivity index (χ2n) is 4.07. The van der Waals surface area contributed by atoms with E-state index in [-0.39, 0.29) is 18.0 Å². The second kappa shape index (κ2) is 5.39. The van der Waals surface area contributed by atoms with Crippen molar-refractivity contribution in [1.82, 2.24) is 0 Å². The number of nitrogens with zero attached hydrogens (tertiary/aromatic N) is 1. The Morgan fingerprint density at radius 1 is 1.21 bits per heavy atom. The molecule has 0 spiro atoms. The Balaban J connectivity index is 2.19. The molecule has 0 aromatic heterocycles. The van der Waals surface area contributed by atoms with Crippen LogP contribution in [0.4, 0.5) is 5.69 Å². The maximum atomic E-state index is 10.9. The zero-order valence-corrected chi connectivity index (χ0v) is 10.4. The summed E-state index contributed by atoms with van der Waals surface area (Å²) < 4.78 is 5.53. The molecule has 0 aliphatic carbocycles. The Kier molecular flexibility index (Phi) is 3.66. The minimum atomic E-state index is -0.436. The molecule has 2 rings (SSSR count). The molecular weight excluding hydrogens is 246 g/mol. The van der Waals surface area contributed by atoms with Crippen molar-refractivity contribution in [3.8, 4) is 11.5 Å². The van der Waals surface area contributed by atoms with Gasteiger partial charge < -0.3 is 9.84 Å². The molecule has 0 heterocycles. The third kappa shape index (κ3) is 2.82. The fraction of sp³-hybridized carbons (Fsp3) is 0.143. The summed E-state index contributed by atoms with van der Waals surface area (Å²) in [5.41, 5.74) is 1.14. The molecule has 0 aliphatic rings. The van der Waals surface area contributed by atoms with Crippen LogP contribution in [0.3, 0.4) is 0 Å². The van der Waals surface area contributed by atoms with Crippen LogP contribution in [0.15, 0.2) is 42.5 Å². The van der Waals surface area contributed by atoms with E-state index in [4.69, 9.17) is 4.74 Å². The quantitative estimate of drug-likeness (QED) is 0.676. The first-order valence-electron chi connectivity index (χ1n) is 5.73. The van der Waals surface area contributed by atoms with Crippen LogP contribution in [0.2, 0.25) is 0 Å². The smallest absolute Gasteiger partial charge is 0.276 e. The number of rotatable bonds is 4. The number of nitro groups is 1. The van der Waals surface area contributed by atoms with E-state index >= 15 is 0 Å². The SMILES string of the molecule is Cc1c(O)cccc1OCc1ccccc1[N+](=O)[O-]. The van der Waals surface area contributed by atoms with Crippen LogP contribution in [0.5, 0.6) is 11.5 Å². The molecule has 0 fully saturated rings. The van der Waals surface area contributed by atoms with E-state index in [1.165, 1.54) is 6.07 Å². The van der Waals surface area contributed by atoms with Gasteiger partial charge in [-0.15, -0.1) is 0 Å². The highest BCUT2D eigenvalue weighted by Gasteiger charge is 2.13. The zero-order valence-electron chi connectivity index (χ0n) is 10.4. The number of ether oxygens (including phenoxy) is 1. The summed E-state index contributed by atoms with van der Waals surface area (Å²) in [5, 5.41) is 20.4. The minimum absolute atomic E-state index is 0.0281. The third-order valence-corrected chi connectivity index (χ3v) is 2.83. The predicted molar refractivity (Wildman–Crippen MR) is 70.3 cm³/mol. The number of benzene rings is 2. The Labute approximate surface area is 110 Å². The molecule has 0 amide bonds. The summed E-state index contributed by atoms with van der Waals surface area (Å²) in [6.07, 6.45) is 0. The van der Waals surface area contributed by atoms with Gasteiger partial charge in [0.1, 0.15) is 18.1 Å². The van der Waals surface area contributed by atoms with E-state index in [1.807, 2.05) is 0 Å². The number of hydrogen-bond donors (Lipinski definition) is 1. The van der Waals surface area contributed by atoms with Crippen LogP contribution < -0.4 is 4.74 Å². The van der Waals surface area contributed by atoms with Gasteiger partial charge in [0.15, 0.2) is 0 Å². The summed E-state index contributed by atoms with van der Waals surface area (Å²) in [5.74, 6) is 0.651. The predicted octanol–water partition coefficient (Wildman–Crippen LogP) is 3.19. The average molecular weight is 259 g/mol. The number of phenolic OH excluding ortho intramolecular Hbond substituents is 1. The molecule has 1 N–H and O–H groups in total. The first-order valence-corrected chi connectivity index (χ1v) is 5.73. The highest BCUT2D eigenvalue weighted by atomic mass is 16.6. The Morgan fingerprint density at radius 3 is 2.68 bits per heavy atom. The summed E-state index contributed by atoms with van der Waals surface area (Å²) >= 11 is 0. The van der Waals surface area contributed by atoms with E-state index in [9.17, 15) is 15.2 Å². The molecule has 98 valence electrons. The maximum absolute atomic E-state index is 10.9. The largest absolute Gasteiger partial charge is 0.508 e. The van der Waals surface area contributed by atoms with Crippen molar-refractivity contribution in [2.24, 2.45) is 0 Å². The van der Waals surface area contributed by atoms with Crippen LogP contribution in [-0.4, -0.2) is 10.0 Å². The molecule has 0 bridgehead atoms. The van der Waals surface area contributed by atoms with Crippen molar-refractivity contribution in [3.05, 3.63) is 63.7 Å². The van der Waals surface area contributed by atoms with Crippen LogP contribution in [0.1, 0.15) is 11.1 Å². The number of nitro benzene ring substituents is 1. The molecule has 0 aliphatic heterocycles. The highest BCUT2D eigenvalue weighted by molar-refractivity contribution is 5.44. The minimum Gasteiger partial charge on any atom is -0.508 e. The van der Waals surface area contributed by atoms with Crippen molar-refractivity contribution >= 4 is 5.69 Å². The van der Waals surface area contributed by atoms with Gasteiger partial charge in [0.05, 0.1) is 10.5 Å². The molecule has 2 aromatic carbocycles. The Morgan fingerprint density at radius 2 is 1.95 bits per heavy atom. The summed E-state index contributed by atoms with van der Waals surface area (Å²) in [7, 11) is 0. The Bertz CT molecular complexity index is 610. The molecule has 5 heteroatoms. The van der Waals surface area contributed by atoms with Gasteiger partial charge in [-0.3, -0.25) is 10.1 Å². The van der Waals surface area contributed by atoms with Crippen molar-refractivity contribution in [1.29, 1.82) is 0 Å². The van der Waals surface area contributed by atoms with Gasteiger partial charge in [-0.25, -0.2) is 0 Å². The molecule has 19 heavy (non-hydrogen) atoms. The van der Waals surface area contributed by atoms with Crippen molar-refractivity contribution in [3.63, 3.8) is 0 Å². The van der Waals surface area contributed by atoms with Gasteiger partial charge in [-0.05, 0) is 25.1 Å². The van der Waals surface area contributed by atoms with E-state index in [2.05, 4.69) is 0 Å². The second-order valence-corrected chi connectivity index (χ2v) is 4.07.